The first kappa shape index (κ1) is 19.4. The van der Waals surface area contributed by atoms with E-state index in [0.717, 1.165) is 5.56 Å². The molecule has 28 heavy (non-hydrogen) atoms. The van der Waals surface area contributed by atoms with Gasteiger partial charge in [0.25, 0.3) is 5.56 Å². The van der Waals surface area contributed by atoms with Crippen molar-refractivity contribution in [2.75, 3.05) is 21.3 Å². The highest BCUT2D eigenvalue weighted by molar-refractivity contribution is 7.07. The molecule has 0 saturated heterocycles. The standard InChI is InChI=1S/C21H19NO5S/c1-25-14-9-8-13(18(11-14)27-3)10-19-21(24)22-20(28-19)12-16(23)15-6-4-5-7-17(15)26-2/h4-12H,1-3H3,(H,22,24)/b19-10-,20-12-. The van der Waals surface area contributed by atoms with Crippen LogP contribution in [0.3, 0.4) is 0 Å². The summed E-state index contributed by atoms with van der Waals surface area (Å²) < 4.78 is 16.7. The molecule has 0 spiro atoms. The fourth-order valence-electron chi connectivity index (χ4n) is 2.65. The third-order valence-corrected chi connectivity index (χ3v) is 5.01. The second-order valence-electron chi connectivity index (χ2n) is 5.75. The number of nitrogens with one attached hydrogen (secondary N) is 1. The number of rotatable bonds is 6. The number of thiazole rings is 1. The Hall–Kier alpha value is -3.32. The smallest absolute Gasteiger partial charge is 0.266 e. The predicted octanol–water partition coefficient (Wildman–Crippen LogP) is 1.95. The molecule has 0 fully saturated rings. The highest BCUT2D eigenvalue weighted by atomic mass is 32.1. The number of hydrogen-bond acceptors (Lipinski definition) is 6. The molecule has 6 nitrogen and oxygen atoms in total. The molecule has 1 aromatic heterocycles. The Balaban J connectivity index is 2.02. The third kappa shape index (κ3) is 4.15. The lowest BCUT2D eigenvalue weighted by atomic mass is 10.1. The van der Waals surface area contributed by atoms with Crippen LogP contribution in [0, 0.1) is 0 Å². The summed E-state index contributed by atoms with van der Waals surface area (Å²) >= 11 is 1.19. The number of Topliss-reactive ketones (excluding diaryl/α,β-unsaturated/α-hetero) is 1. The number of carbonyl (C=O) groups excluding carboxylic acids is 1. The lowest BCUT2D eigenvalue weighted by Gasteiger charge is -2.06. The zero-order valence-electron chi connectivity index (χ0n) is 15.6. The molecule has 0 atom stereocenters. The number of hydrogen-bond donors (Lipinski definition) is 1. The van der Waals surface area contributed by atoms with E-state index < -0.39 is 0 Å². The number of aromatic nitrogens is 1. The maximum absolute atomic E-state index is 12.5. The fourth-order valence-corrected chi connectivity index (χ4v) is 3.52. The Morgan fingerprint density at radius 2 is 1.75 bits per heavy atom. The van der Waals surface area contributed by atoms with Crippen LogP contribution in [0.2, 0.25) is 0 Å². The summed E-state index contributed by atoms with van der Waals surface area (Å²) in [4.78, 5) is 27.6. The van der Waals surface area contributed by atoms with E-state index in [2.05, 4.69) is 4.98 Å². The van der Waals surface area contributed by atoms with Crippen molar-refractivity contribution in [3.63, 3.8) is 0 Å². The molecule has 0 unspecified atom stereocenters. The van der Waals surface area contributed by atoms with Gasteiger partial charge in [0.2, 0.25) is 0 Å². The Labute approximate surface area is 165 Å². The molecule has 2 aromatic carbocycles. The number of methoxy groups -OCH3 is 3. The van der Waals surface area contributed by atoms with Crippen LogP contribution in [0.15, 0.2) is 47.3 Å². The molecular weight excluding hydrogens is 378 g/mol. The first-order chi connectivity index (χ1) is 13.5. The van der Waals surface area contributed by atoms with Crippen molar-refractivity contribution in [3.05, 3.63) is 73.1 Å². The van der Waals surface area contributed by atoms with Crippen LogP contribution >= 0.6 is 11.3 Å². The number of para-hydroxylation sites is 1. The number of ether oxygens (including phenoxy) is 3. The van der Waals surface area contributed by atoms with Gasteiger partial charge in [0.15, 0.2) is 5.78 Å². The number of ketones is 1. The molecule has 0 amide bonds. The van der Waals surface area contributed by atoms with Gasteiger partial charge >= 0.3 is 0 Å². The first-order valence-corrected chi connectivity index (χ1v) is 9.19. The van der Waals surface area contributed by atoms with Gasteiger partial charge in [-0.1, -0.05) is 12.1 Å². The molecule has 3 aromatic rings. The van der Waals surface area contributed by atoms with E-state index in [-0.39, 0.29) is 11.3 Å². The van der Waals surface area contributed by atoms with E-state index in [1.54, 1.807) is 62.8 Å². The van der Waals surface area contributed by atoms with E-state index in [4.69, 9.17) is 14.2 Å². The topological polar surface area (TPSA) is 77.6 Å². The first-order valence-electron chi connectivity index (χ1n) is 8.37. The van der Waals surface area contributed by atoms with Crippen molar-refractivity contribution in [2.45, 2.75) is 0 Å². The molecule has 144 valence electrons. The van der Waals surface area contributed by atoms with Crippen molar-refractivity contribution in [1.29, 1.82) is 0 Å². The molecule has 7 heteroatoms. The Morgan fingerprint density at radius 3 is 2.46 bits per heavy atom. The van der Waals surface area contributed by atoms with Gasteiger partial charge < -0.3 is 19.2 Å². The van der Waals surface area contributed by atoms with Crippen LogP contribution in [0.4, 0.5) is 0 Å². The van der Waals surface area contributed by atoms with Crippen molar-refractivity contribution in [1.82, 2.24) is 4.98 Å². The summed E-state index contributed by atoms with van der Waals surface area (Å²) in [6, 6.07) is 12.3. The minimum atomic E-state index is -0.276. The minimum absolute atomic E-state index is 0.247. The average molecular weight is 397 g/mol. The minimum Gasteiger partial charge on any atom is -0.497 e. The summed E-state index contributed by atoms with van der Waals surface area (Å²) in [5, 5.41) is 0. The molecule has 0 aliphatic rings. The van der Waals surface area contributed by atoms with Crippen molar-refractivity contribution in [2.24, 2.45) is 0 Å². The summed E-state index contributed by atoms with van der Waals surface area (Å²) in [5.41, 5.74) is 0.891. The van der Waals surface area contributed by atoms with Crippen molar-refractivity contribution < 1.29 is 19.0 Å². The highest BCUT2D eigenvalue weighted by Gasteiger charge is 2.09. The average Bonchev–Trinajstić information content (AvgIpc) is 3.06. The maximum atomic E-state index is 12.5. The SMILES string of the molecule is COc1ccc(/C=c2\s/c(=C\C(=O)c3ccccc3OC)[nH]c2=O)c(OC)c1. The maximum Gasteiger partial charge on any atom is 0.266 e. The molecule has 0 saturated carbocycles. The normalized spacial score (nSPS) is 12.1. The monoisotopic (exact) mass is 397 g/mol. The largest absolute Gasteiger partial charge is 0.497 e. The van der Waals surface area contributed by atoms with Gasteiger partial charge in [-0.15, -0.1) is 11.3 Å². The van der Waals surface area contributed by atoms with Crippen LogP contribution in [0.25, 0.3) is 12.2 Å². The Bertz CT molecular complexity index is 1180. The van der Waals surface area contributed by atoms with Crippen LogP contribution in [-0.4, -0.2) is 32.1 Å². The lowest BCUT2D eigenvalue weighted by Crippen LogP contribution is -2.20. The molecule has 0 aliphatic carbocycles. The van der Waals surface area contributed by atoms with Gasteiger partial charge in [-0.2, -0.15) is 0 Å². The van der Waals surface area contributed by atoms with E-state index in [1.807, 2.05) is 0 Å². The molecule has 0 aliphatic heterocycles. The van der Waals surface area contributed by atoms with Gasteiger partial charge in [0, 0.05) is 17.7 Å². The number of carbonyl (C=O) groups is 1. The second kappa shape index (κ2) is 8.58. The molecular formula is C21H19NO5S. The Morgan fingerprint density at radius 1 is 1.00 bits per heavy atom. The van der Waals surface area contributed by atoms with Crippen molar-refractivity contribution >= 4 is 29.3 Å². The molecule has 1 N–H and O–H groups in total. The van der Waals surface area contributed by atoms with E-state index >= 15 is 0 Å². The summed E-state index contributed by atoms with van der Waals surface area (Å²) in [6.45, 7) is 0. The lowest BCUT2D eigenvalue weighted by molar-refractivity contribution is 0.105. The van der Waals surface area contributed by atoms with Crippen LogP contribution in [0.1, 0.15) is 15.9 Å². The number of H-pyrrole nitrogens is 1. The van der Waals surface area contributed by atoms with Crippen LogP contribution in [-0.2, 0) is 0 Å². The summed E-state index contributed by atoms with van der Waals surface area (Å²) in [7, 11) is 4.63. The summed E-state index contributed by atoms with van der Waals surface area (Å²) in [5.74, 6) is 1.48. The molecule has 3 rings (SSSR count). The predicted molar refractivity (Wildman–Crippen MR) is 109 cm³/mol. The van der Waals surface area contributed by atoms with Crippen LogP contribution in [0.5, 0.6) is 17.2 Å². The van der Waals surface area contributed by atoms with E-state index in [0.29, 0.717) is 32.0 Å². The van der Waals surface area contributed by atoms with Gasteiger partial charge in [-0.25, -0.2) is 0 Å². The quantitative estimate of drug-likeness (QED) is 0.644. The molecule has 0 bridgehead atoms. The molecule has 0 radical (unpaired) electrons. The zero-order chi connectivity index (χ0) is 20.1. The van der Waals surface area contributed by atoms with Gasteiger partial charge in [0.1, 0.15) is 17.2 Å². The summed E-state index contributed by atoms with van der Waals surface area (Å²) in [6.07, 6.45) is 3.11. The molecule has 1 heterocycles. The van der Waals surface area contributed by atoms with Crippen LogP contribution < -0.4 is 29.0 Å². The fraction of sp³-hybridized carbons (Fsp3) is 0.143. The highest BCUT2D eigenvalue weighted by Crippen LogP contribution is 2.24. The third-order valence-electron chi connectivity index (χ3n) is 4.04. The van der Waals surface area contributed by atoms with E-state index in [9.17, 15) is 9.59 Å². The Kier molecular flexibility index (Phi) is 5.96. The van der Waals surface area contributed by atoms with Gasteiger partial charge in [-0.3, -0.25) is 9.59 Å². The second-order valence-corrected chi connectivity index (χ2v) is 6.83. The van der Waals surface area contributed by atoms with Gasteiger partial charge in [0.05, 0.1) is 36.1 Å². The van der Waals surface area contributed by atoms with E-state index in [1.165, 1.54) is 24.5 Å². The zero-order valence-corrected chi connectivity index (χ0v) is 16.5. The van der Waals surface area contributed by atoms with Crippen molar-refractivity contribution in [3.8, 4) is 17.2 Å². The van der Waals surface area contributed by atoms with Gasteiger partial charge in [-0.05, 0) is 30.3 Å². The number of benzene rings is 2. The number of aromatic amines is 1.